The van der Waals surface area contributed by atoms with Crippen LogP contribution in [0.2, 0.25) is 0 Å². The van der Waals surface area contributed by atoms with Crippen LogP contribution in [-0.4, -0.2) is 66.5 Å². The van der Waals surface area contributed by atoms with E-state index in [9.17, 15) is 14.3 Å². The quantitative estimate of drug-likeness (QED) is 0.580. The molecule has 5 rings (SSSR count). The molecule has 2 fully saturated rings. The number of ether oxygens (including phenoxy) is 2. The number of hydroxylamine groups is 2. The highest BCUT2D eigenvalue weighted by Gasteiger charge is 2.38. The van der Waals surface area contributed by atoms with E-state index in [1.54, 1.807) is 13.2 Å². The smallest absolute Gasteiger partial charge is 0.325 e. The molecular weight excluding hydrogens is 465 g/mol. The minimum Gasteiger partial charge on any atom is -0.497 e. The van der Waals surface area contributed by atoms with Crippen LogP contribution in [0.4, 0.5) is 4.39 Å². The number of allylic oxidation sites excluding steroid dienone is 1. The number of carbonyl (C=O) groups is 1. The number of aliphatic carboxylic acids is 1. The normalized spacial score (nSPS) is 27.8. The standard InChI is InChI=1S/C27H36FN3O5/c1-17-6-8-21-23(34-2)11-13-31(26(21)29-17)36-19-10-12-30(16-19)25(27(32)33)22-15-18(28)7-9-20(22)24-5-3-4-14-35-24/h7,9,11,15,17,19,24-25,29H,3-6,8,10,12-14,16H2,1-2H3,(H,32,33)/t17?,19-,24+,25?/m1/s1. The Morgan fingerprint density at radius 3 is 2.89 bits per heavy atom. The van der Waals surface area contributed by atoms with Gasteiger partial charge in [-0.2, -0.15) is 0 Å². The van der Waals surface area contributed by atoms with Gasteiger partial charge in [-0.3, -0.25) is 14.5 Å². The molecule has 196 valence electrons. The molecule has 36 heavy (non-hydrogen) atoms. The van der Waals surface area contributed by atoms with Crippen molar-refractivity contribution in [3.63, 3.8) is 0 Å². The van der Waals surface area contributed by atoms with Gasteiger partial charge in [0.05, 0.1) is 25.9 Å². The van der Waals surface area contributed by atoms with Crippen LogP contribution >= 0.6 is 0 Å². The lowest BCUT2D eigenvalue weighted by Gasteiger charge is -2.38. The van der Waals surface area contributed by atoms with Crippen molar-refractivity contribution in [3.8, 4) is 0 Å². The molecule has 4 aliphatic heterocycles. The van der Waals surface area contributed by atoms with Crippen molar-refractivity contribution in [1.82, 2.24) is 15.3 Å². The molecule has 9 heteroatoms. The third kappa shape index (κ3) is 5.10. The molecule has 8 nitrogen and oxygen atoms in total. The van der Waals surface area contributed by atoms with E-state index in [2.05, 4.69) is 12.2 Å². The van der Waals surface area contributed by atoms with Crippen LogP contribution in [-0.2, 0) is 19.1 Å². The maximum atomic E-state index is 14.3. The molecule has 2 N–H and O–H groups in total. The van der Waals surface area contributed by atoms with Crippen LogP contribution in [0.3, 0.4) is 0 Å². The van der Waals surface area contributed by atoms with Gasteiger partial charge in [-0.1, -0.05) is 6.07 Å². The Balaban J connectivity index is 1.33. The van der Waals surface area contributed by atoms with Crippen molar-refractivity contribution < 1.29 is 28.6 Å². The number of nitrogens with zero attached hydrogens (tertiary/aromatic N) is 2. The number of hydrogen-bond acceptors (Lipinski definition) is 7. The van der Waals surface area contributed by atoms with Gasteiger partial charge in [-0.15, -0.1) is 0 Å². The van der Waals surface area contributed by atoms with E-state index in [4.69, 9.17) is 14.3 Å². The number of halogens is 1. The molecule has 0 radical (unpaired) electrons. The molecule has 4 aliphatic rings. The second-order valence-corrected chi connectivity index (χ2v) is 10.1. The van der Waals surface area contributed by atoms with Crippen LogP contribution in [0, 0.1) is 5.82 Å². The van der Waals surface area contributed by atoms with Crippen LogP contribution in [0.1, 0.15) is 68.7 Å². The Kier molecular flexibility index (Phi) is 7.50. The predicted molar refractivity (Wildman–Crippen MR) is 131 cm³/mol. The highest BCUT2D eigenvalue weighted by atomic mass is 19.1. The van der Waals surface area contributed by atoms with Gasteiger partial charge in [-0.05, 0) is 74.8 Å². The molecular formula is C27H36FN3O5. The first-order valence-corrected chi connectivity index (χ1v) is 13.0. The van der Waals surface area contributed by atoms with Crippen LogP contribution < -0.4 is 5.32 Å². The Labute approximate surface area is 211 Å². The van der Waals surface area contributed by atoms with E-state index < -0.39 is 17.8 Å². The first-order valence-electron chi connectivity index (χ1n) is 13.0. The van der Waals surface area contributed by atoms with Gasteiger partial charge in [0.1, 0.15) is 23.4 Å². The topological polar surface area (TPSA) is 83.5 Å². The van der Waals surface area contributed by atoms with E-state index >= 15 is 0 Å². The molecule has 0 amide bonds. The van der Waals surface area contributed by atoms with Crippen LogP contribution in [0.15, 0.2) is 41.4 Å². The molecule has 0 aromatic heterocycles. The highest BCUT2D eigenvalue weighted by Crippen LogP contribution is 2.37. The van der Waals surface area contributed by atoms with Crippen molar-refractivity contribution in [3.05, 3.63) is 58.4 Å². The van der Waals surface area contributed by atoms with Crippen molar-refractivity contribution in [2.24, 2.45) is 0 Å². The first-order chi connectivity index (χ1) is 17.4. The Bertz CT molecular complexity index is 1040. The molecule has 0 aliphatic carbocycles. The summed E-state index contributed by atoms with van der Waals surface area (Å²) < 4.78 is 25.9. The van der Waals surface area contributed by atoms with Crippen molar-refractivity contribution >= 4 is 5.97 Å². The number of likely N-dealkylation sites (tertiary alicyclic amines) is 1. The van der Waals surface area contributed by atoms with Crippen molar-refractivity contribution in [2.45, 2.75) is 69.7 Å². The third-order valence-electron chi connectivity index (χ3n) is 7.63. The monoisotopic (exact) mass is 501 g/mol. The summed E-state index contributed by atoms with van der Waals surface area (Å²) in [7, 11) is 1.69. The Hall–Kier alpha value is -2.62. The summed E-state index contributed by atoms with van der Waals surface area (Å²) in [4.78, 5) is 20.8. The molecule has 0 saturated carbocycles. The summed E-state index contributed by atoms with van der Waals surface area (Å²) in [5.74, 6) is 0.389. The number of carboxylic acid groups (broad SMARTS) is 1. The summed E-state index contributed by atoms with van der Waals surface area (Å²) in [5, 5.41) is 15.7. The van der Waals surface area contributed by atoms with Gasteiger partial charge in [-0.25, -0.2) is 9.45 Å². The second kappa shape index (κ2) is 10.8. The fraction of sp³-hybridized carbons (Fsp3) is 0.593. The fourth-order valence-electron chi connectivity index (χ4n) is 5.82. The summed E-state index contributed by atoms with van der Waals surface area (Å²) in [6, 6.07) is 3.83. The predicted octanol–water partition coefficient (Wildman–Crippen LogP) is 4.03. The van der Waals surface area contributed by atoms with Gasteiger partial charge >= 0.3 is 5.97 Å². The minimum atomic E-state index is -0.989. The van der Waals surface area contributed by atoms with E-state index in [0.29, 0.717) is 44.3 Å². The summed E-state index contributed by atoms with van der Waals surface area (Å²) >= 11 is 0. The van der Waals surface area contributed by atoms with Crippen LogP contribution in [0.5, 0.6) is 0 Å². The van der Waals surface area contributed by atoms with Crippen LogP contribution in [0.25, 0.3) is 0 Å². The molecule has 4 atom stereocenters. The fourth-order valence-corrected chi connectivity index (χ4v) is 5.82. The SMILES string of the molecule is COC1=CCN(O[C@@H]2CCN(C(C(=O)O)c3cc(F)ccc3[C@@H]3CCCCO3)C2)C2=C1CCC(C)N2. The largest absolute Gasteiger partial charge is 0.497 e. The van der Waals surface area contributed by atoms with E-state index in [1.807, 2.05) is 16.0 Å². The average molecular weight is 502 g/mol. The number of methoxy groups -OCH3 is 1. The molecule has 2 saturated heterocycles. The minimum absolute atomic E-state index is 0.180. The van der Waals surface area contributed by atoms with Gasteiger partial charge in [0, 0.05) is 31.3 Å². The summed E-state index contributed by atoms with van der Waals surface area (Å²) in [6.07, 6.45) is 7.06. The second-order valence-electron chi connectivity index (χ2n) is 10.1. The average Bonchev–Trinajstić information content (AvgIpc) is 3.32. The lowest BCUT2D eigenvalue weighted by Crippen LogP contribution is -2.44. The molecule has 1 aromatic carbocycles. The molecule has 4 heterocycles. The maximum absolute atomic E-state index is 14.3. The van der Waals surface area contributed by atoms with E-state index in [-0.39, 0.29) is 12.2 Å². The van der Waals surface area contributed by atoms with Crippen molar-refractivity contribution in [1.29, 1.82) is 0 Å². The molecule has 0 bridgehead atoms. The number of nitrogens with one attached hydrogen (secondary N) is 1. The number of rotatable bonds is 7. The Morgan fingerprint density at radius 1 is 1.28 bits per heavy atom. The molecule has 1 aromatic rings. The summed E-state index contributed by atoms with van der Waals surface area (Å²) in [6.45, 7) is 4.32. The zero-order valence-corrected chi connectivity index (χ0v) is 21.0. The van der Waals surface area contributed by atoms with Gasteiger partial charge < -0.3 is 19.9 Å². The summed E-state index contributed by atoms with van der Waals surface area (Å²) in [5.41, 5.74) is 2.36. The van der Waals surface area contributed by atoms with E-state index in [0.717, 1.165) is 54.8 Å². The third-order valence-corrected chi connectivity index (χ3v) is 7.63. The van der Waals surface area contributed by atoms with Gasteiger partial charge in [0.2, 0.25) is 0 Å². The molecule has 2 unspecified atom stereocenters. The lowest BCUT2D eigenvalue weighted by molar-refractivity contribution is -0.172. The lowest BCUT2D eigenvalue weighted by atomic mass is 9.92. The number of hydrogen-bond donors (Lipinski definition) is 2. The van der Waals surface area contributed by atoms with Crippen molar-refractivity contribution in [2.75, 3.05) is 33.4 Å². The first kappa shape index (κ1) is 25.0. The maximum Gasteiger partial charge on any atom is 0.325 e. The molecule has 0 spiro atoms. The van der Waals surface area contributed by atoms with E-state index in [1.165, 1.54) is 12.1 Å². The number of carboxylic acids is 1. The highest BCUT2D eigenvalue weighted by molar-refractivity contribution is 5.76. The van der Waals surface area contributed by atoms with Gasteiger partial charge in [0.25, 0.3) is 0 Å². The van der Waals surface area contributed by atoms with Gasteiger partial charge in [0.15, 0.2) is 0 Å². The number of benzene rings is 1. The zero-order chi connectivity index (χ0) is 25.2. The Morgan fingerprint density at radius 2 is 2.14 bits per heavy atom. The zero-order valence-electron chi connectivity index (χ0n) is 21.0.